The maximum absolute atomic E-state index is 12.5. The highest BCUT2D eigenvalue weighted by atomic mass is 16.5. The smallest absolute Gasteiger partial charge is 0.239 e. The van der Waals surface area contributed by atoms with Crippen LogP contribution in [0.5, 0.6) is 0 Å². The lowest BCUT2D eigenvalue weighted by Gasteiger charge is -2.37. The van der Waals surface area contributed by atoms with Crippen LogP contribution in [0.2, 0.25) is 0 Å². The highest BCUT2D eigenvalue weighted by Crippen LogP contribution is 2.33. The molecule has 1 fully saturated rings. The van der Waals surface area contributed by atoms with Crippen LogP contribution in [0.15, 0.2) is 24.3 Å². The minimum Gasteiger partial charge on any atom is -0.375 e. The Balaban J connectivity index is 1.66. The summed E-state index contributed by atoms with van der Waals surface area (Å²) in [6.07, 6.45) is 1.86. The predicted octanol–water partition coefficient (Wildman–Crippen LogP) is 0.579. The number of hydrogen-bond acceptors (Lipinski definition) is 4. The number of carbonyl (C=O) groups excluding carboxylic acids is 1. The number of nitrogens with one attached hydrogen (secondary N) is 2. The van der Waals surface area contributed by atoms with E-state index < -0.39 is 0 Å². The van der Waals surface area contributed by atoms with Gasteiger partial charge in [0.15, 0.2) is 0 Å². The molecule has 1 saturated heterocycles. The fraction of sp³-hybridized carbons (Fsp3) is 0.611. The standard InChI is InChI=1S/C18H27N3O2/c1-13-16(19-8-9-23-13)17(22)20-12-18(21(2)3)10-14-6-4-5-7-15(14)11-18/h4-7,13,16,19H,8-12H2,1-3H3,(H,20,22)/t13-,16+/m1/s1. The third kappa shape index (κ3) is 3.27. The van der Waals surface area contributed by atoms with E-state index in [9.17, 15) is 4.79 Å². The van der Waals surface area contributed by atoms with Crippen LogP contribution in [0.1, 0.15) is 18.1 Å². The average Bonchev–Trinajstić information content (AvgIpc) is 2.93. The molecule has 2 atom stereocenters. The first kappa shape index (κ1) is 16.4. The zero-order valence-electron chi connectivity index (χ0n) is 14.3. The van der Waals surface area contributed by atoms with E-state index in [2.05, 4.69) is 53.9 Å². The molecule has 1 aromatic rings. The van der Waals surface area contributed by atoms with E-state index in [-0.39, 0.29) is 23.6 Å². The molecular weight excluding hydrogens is 290 g/mol. The van der Waals surface area contributed by atoms with Gasteiger partial charge in [0, 0.05) is 18.6 Å². The molecule has 1 heterocycles. The Bertz CT molecular complexity index is 548. The zero-order chi connectivity index (χ0) is 16.4. The van der Waals surface area contributed by atoms with Crippen molar-refractivity contribution in [3.05, 3.63) is 35.4 Å². The molecule has 1 aliphatic heterocycles. The van der Waals surface area contributed by atoms with Crippen LogP contribution >= 0.6 is 0 Å². The zero-order valence-corrected chi connectivity index (χ0v) is 14.3. The Morgan fingerprint density at radius 2 is 2.00 bits per heavy atom. The molecule has 0 bridgehead atoms. The highest BCUT2D eigenvalue weighted by molar-refractivity contribution is 5.82. The van der Waals surface area contributed by atoms with E-state index in [0.29, 0.717) is 13.2 Å². The van der Waals surface area contributed by atoms with Crippen molar-refractivity contribution in [3.8, 4) is 0 Å². The van der Waals surface area contributed by atoms with Gasteiger partial charge in [-0.1, -0.05) is 24.3 Å². The molecule has 0 saturated carbocycles. The largest absolute Gasteiger partial charge is 0.375 e. The van der Waals surface area contributed by atoms with Crippen molar-refractivity contribution in [1.82, 2.24) is 15.5 Å². The summed E-state index contributed by atoms with van der Waals surface area (Å²) in [5.74, 6) is 0.0365. The second-order valence-corrected chi connectivity index (χ2v) is 6.97. The molecule has 3 rings (SSSR count). The summed E-state index contributed by atoms with van der Waals surface area (Å²) in [4.78, 5) is 14.8. The van der Waals surface area contributed by atoms with Crippen molar-refractivity contribution in [2.75, 3.05) is 33.8 Å². The van der Waals surface area contributed by atoms with Gasteiger partial charge in [-0.15, -0.1) is 0 Å². The maximum Gasteiger partial charge on any atom is 0.239 e. The number of ether oxygens (including phenoxy) is 1. The fourth-order valence-electron chi connectivity index (χ4n) is 3.66. The number of carbonyl (C=O) groups is 1. The molecule has 0 radical (unpaired) electrons. The first-order chi connectivity index (χ1) is 11.0. The lowest BCUT2D eigenvalue weighted by molar-refractivity contribution is -0.129. The topological polar surface area (TPSA) is 53.6 Å². The maximum atomic E-state index is 12.5. The minimum absolute atomic E-state index is 0.0365. The van der Waals surface area contributed by atoms with Crippen molar-refractivity contribution in [2.24, 2.45) is 0 Å². The van der Waals surface area contributed by atoms with Crippen LogP contribution in [-0.2, 0) is 22.4 Å². The molecule has 1 aliphatic carbocycles. The molecule has 1 amide bonds. The molecule has 5 nitrogen and oxygen atoms in total. The molecule has 0 unspecified atom stereocenters. The number of benzene rings is 1. The fourth-order valence-corrected chi connectivity index (χ4v) is 3.66. The van der Waals surface area contributed by atoms with Crippen LogP contribution in [0.4, 0.5) is 0 Å². The van der Waals surface area contributed by atoms with Gasteiger partial charge < -0.3 is 20.3 Å². The molecule has 23 heavy (non-hydrogen) atoms. The lowest BCUT2D eigenvalue weighted by atomic mass is 9.93. The Morgan fingerprint density at radius 3 is 2.57 bits per heavy atom. The Hall–Kier alpha value is -1.43. The molecule has 0 aromatic heterocycles. The number of morpholine rings is 1. The summed E-state index contributed by atoms with van der Waals surface area (Å²) in [5, 5.41) is 6.41. The number of rotatable bonds is 4. The van der Waals surface area contributed by atoms with Gasteiger partial charge in [0.1, 0.15) is 6.04 Å². The second kappa shape index (κ2) is 6.59. The van der Waals surface area contributed by atoms with Crippen LogP contribution in [0.25, 0.3) is 0 Å². The van der Waals surface area contributed by atoms with Crippen molar-refractivity contribution < 1.29 is 9.53 Å². The first-order valence-corrected chi connectivity index (χ1v) is 8.39. The third-order valence-electron chi connectivity index (χ3n) is 5.30. The van der Waals surface area contributed by atoms with E-state index in [0.717, 1.165) is 19.4 Å². The van der Waals surface area contributed by atoms with Gasteiger partial charge in [-0.3, -0.25) is 4.79 Å². The van der Waals surface area contributed by atoms with Gasteiger partial charge >= 0.3 is 0 Å². The molecule has 126 valence electrons. The molecule has 2 N–H and O–H groups in total. The van der Waals surface area contributed by atoms with Crippen molar-refractivity contribution in [3.63, 3.8) is 0 Å². The molecule has 1 aromatic carbocycles. The van der Waals surface area contributed by atoms with Crippen molar-refractivity contribution >= 4 is 5.91 Å². The third-order valence-corrected chi connectivity index (χ3v) is 5.30. The summed E-state index contributed by atoms with van der Waals surface area (Å²) in [6.45, 7) is 4.00. The SMILES string of the molecule is C[C@H]1OCCN[C@@H]1C(=O)NCC1(N(C)C)Cc2ccccc2C1. The summed E-state index contributed by atoms with van der Waals surface area (Å²) in [5.41, 5.74) is 2.74. The number of amides is 1. The van der Waals surface area contributed by atoms with Crippen LogP contribution in [-0.4, -0.2) is 62.3 Å². The van der Waals surface area contributed by atoms with Gasteiger partial charge in [-0.05, 0) is 45.0 Å². The minimum atomic E-state index is -0.258. The molecular formula is C18H27N3O2. The van der Waals surface area contributed by atoms with E-state index in [1.165, 1.54) is 11.1 Å². The van der Waals surface area contributed by atoms with E-state index in [4.69, 9.17) is 4.74 Å². The summed E-state index contributed by atoms with van der Waals surface area (Å²) >= 11 is 0. The van der Waals surface area contributed by atoms with Crippen molar-refractivity contribution in [2.45, 2.75) is 37.5 Å². The Kier molecular flexibility index (Phi) is 4.71. The van der Waals surface area contributed by atoms with Crippen LogP contribution < -0.4 is 10.6 Å². The van der Waals surface area contributed by atoms with Gasteiger partial charge in [0.05, 0.1) is 12.7 Å². The van der Waals surface area contributed by atoms with E-state index >= 15 is 0 Å². The van der Waals surface area contributed by atoms with Crippen LogP contribution in [0, 0.1) is 0 Å². The summed E-state index contributed by atoms with van der Waals surface area (Å²) in [7, 11) is 4.20. The van der Waals surface area contributed by atoms with Gasteiger partial charge in [-0.2, -0.15) is 0 Å². The van der Waals surface area contributed by atoms with E-state index in [1.54, 1.807) is 0 Å². The number of likely N-dealkylation sites (N-methyl/N-ethyl adjacent to an activating group) is 1. The lowest BCUT2D eigenvalue weighted by Crippen LogP contribution is -2.59. The van der Waals surface area contributed by atoms with Gasteiger partial charge in [-0.25, -0.2) is 0 Å². The number of hydrogen-bond donors (Lipinski definition) is 2. The number of nitrogens with zero attached hydrogens (tertiary/aromatic N) is 1. The summed E-state index contributed by atoms with van der Waals surface area (Å²) < 4.78 is 5.57. The first-order valence-electron chi connectivity index (χ1n) is 8.39. The predicted molar refractivity (Wildman–Crippen MR) is 90.5 cm³/mol. The highest BCUT2D eigenvalue weighted by Gasteiger charge is 2.40. The Morgan fingerprint density at radius 1 is 1.35 bits per heavy atom. The average molecular weight is 317 g/mol. The van der Waals surface area contributed by atoms with Crippen molar-refractivity contribution in [1.29, 1.82) is 0 Å². The molecule has 0 spiro atoms. The quantitative estimate of drug-likeness (QED) is 0.853. The number of fused-ring (bicyclic) bond motifs is 1. The van der Waals surface area contributed by atoms with Gasteiger partial charge in [0.25, 0.3) is 0 Å². The molecule has 2 aliphatic rings. The van der Waals surface area contributed by atoms with E-state index in [1.807, 2.05) is 6.92 Å². The Labute approximate surface area is 138 Å². The normalized spacial score (nSPS) is 26.1. The van der Waals surface area contributed by atoms with Gasteiger partial charge in [0.2, 0.25) is 5.91 Å². The monoisotopic (exact) mass is 317 g/mol. The summed E-state index contributed by atoms with van der Waals surface area (Å²) in [6, 6.07) is 8.32. The second-order valence-electron chi connectivity index (χ2n) is 6.97. The molecule has 5 heteroatoms. The van der Waals surface area contributed by atoms with Crippen LogP contribution in [0.3, 0.4) is 0 Å².